The second-order valence-electron chi connectivity index (χ2n) is 6.15. The lowest BCUT2D eigenvalue weighted by molar-refractivity contribution is -0.129. The molecule has 1 aromatic carbocycles. The molecule has 0 radical (unpaired) electrons. The fraction of sp³-hybridized carbons (Fsp3) is 0.500. The maximum Gasteiger partial charge on any atom is 0.338 e. The summed E-state index contributed by atoms with van der Waals surface area (Å²) in [7, 11) is 0. The first kappa shape index (κ1) is 19.0. The molecule has 0 unspecified atom stereocenters. The highest BCUT2D eigenvalue weighted by molar-refractivity contribution is 5.92. The Hall–Kier alpha value is -2.30. The fourth-order valence-corrected chi connectivity index (χ4v) is 2.76. The van der Waals surface area contributed by atoms with Crippen molar-refractivity contribution in [3.8, 4) is 5.75 Å². The normalized spacial score (nSPS) is 15.0. The van der Waals surface area contributed by atoms with E-state index in [-0.39, 0.29) is 5.91 Å². The van der Waals surface area contributed by atoms with Gasteiger partial charge >= 0.3 is 5.97 Å². The molecule has 0 heterocycles. The van der Waals surface area contributed by atoms with Gasteiger partial charge in [0.2, 0.25) is 0 Å². The first-order chi connectivity index (χ1) is 12.1. The third-order valence-corrected chi connectivity index (χ3v) is 4.18. The molecule has 0 aromatic heterocycles. The number of carbonyl (C=O) groups excluding carboxylic acids is 2. The molecule has 0 fully saturated rings. The molecule has 1 aliphatic carbocycles. The molecule has 0 aliphatic heterocycles. The maximum absolute atomic E-state index is 12.1. The number of allylic oxidation sites excluding steroid dienone is 1. The lowest BCUT2D eigenvalue weighted by Gasteiger charge is -2.15. The molecular formula is C20H27NO4. The van der Waals surface area contributed by atoms with Crippen LogP contribution in [0.25, 0.3) is 0 Å². The zero-order valence-corrected chi connectivity index (χ0v) is 15.0. The molecule has 1 amide bonds. The summed E-state index contributed by atoms with van der Waals surface area (Å²) in [6.45, 7) is 4.63. The number of ether oxygens (including phenoxy) is 2. The minimum absolute atomic E-state index is 0.268. The van der Waals surface area contributed by atoms with Crippen molar-refractivity contribution in [2.75, 3.05) is 13.2 Å². The van der Waals surface area contributed by atoms with Crippen LogP contribution in [0.2, 0.25) is 0 Å². The number of hydrogen-bond acceptors (Lipinski definition) is 4. The Bertz CT molecular complexity index is 607. The molecule has 5 nitrogen and oxygen atoms in total. The number of nitrogens with one attached hydrogen (secondary N) is 1. The van der Waals surface area contributed by atoms with Gasteiger partial charge in [-0.3, -0.25) is 4.79 Å². The van der Waals surface area contributed by atoms with Crippen LogP contribution in [0.4, 0.5) is 0 Å². The van der Waals surface area contributed by atoms with Crippen molar-refractivity contribution in [1.29, 1.82) is 0 Å². The van der Waals surface area contributed by atoms with Gasteiger partial charge in [0.15, 0.2) is 6.10 Å². The molecule has 0 bridgehead atoms. The van der Waals surface area contributed by atoms with E-state index in [0.717, 1.165) is 19.3 Å². The van der Waals surface area contributed by atoms with Crippen LogP contribution in [-0.4, -0.2) is 31.1 Å². The Morgan fingerprint density at radius 1 is 1.20 bits per heavy atom. The lowest BCUT2D eigenvalue weighted by Crippen LogP contribution is -2.36. The van der Waals surface area contributed by atoms with Gasteiger partial charge in [-0.1, -0.05) is 11.6 Å². The monoisotopic (exact) mass is 345 g/mol. The van der Waals surface area contributed by atoms with Gasteiger partial charge in [-0.25, -0.2) is 4.79 Å². The van der Waals surface area contributed by atoms with Crippen molar-refractivity contribution in [1.82, 2.24) is 5.32 Å². The average molecular weight is 345 g/mol. The predicted molar refractivity (Wildman–Crippen MR) is 96.7 cm³/mol. The Balaban J connectivity index is 1.75. The number of rotatable bonds is 8. The van der Waals surface area contributed by atoms with Crippen molar-refractivity contribution in [2.45, 2.75) is 52.1 Å². The molecule has 1 N–H and O–H groups in total. The van der Waals surface area contributed by atoms with Gasteiger partial charge in [0.25, 0.3) is 5.91 Å². The van der Waals surface area contributed by atoms with Crippen LogP contribution in [0.1, 0.15) is 56.3 Å². The van der Waals surface area contributed by atoms with E-state index in [2.05, 4.69) is 11.4 Å². The molecule has 136 valence electrons. The molecule has 1 atom stereocenters. The minimum atomic E-state index is -0.820. The summed E-state index contributed by atoms with van der Waals surface area (Å²) in [6.07, 6.45) is 7.07. The first-order valence-corrected chi connectivity index (χ1v) is 8.99. The van der Waals surface area contributed by atoms with Crippen LogP contribution in [-0.2, 0) is 9.53 Å². The summed E-state index contributed by atoms with van der Waals surface area (Å²) in [5.74, 6) is -0.0850. The molecule has 1 aromatic rings. The van der Waals surface area contributed by atoms with Gasteiger partial charge in [-0.2, -0.15) is 0 Å². The van der Waals surface area contributed by atoms with Crippen molar-refractivity contribution >= 4 is 11.9 Å². The average Bonchev–Trinajstić information content (AvgIpc) is 2.63. The SMILES string of the molecule is CCOc1ccc(C(=O)O[C@@H](C)C(=O)NCCC2=CCCCC2)cc1. The van der Waals surface area contributed by atoms with E-state index in [1.807, 2.05) is 6.92 Å². The Labute approximate surface area is 149 Å². The van der Waals surface area contributed by atoms with E-state index < -0.39 is 12.1 Å². The summed E-state index contributed by atoms with van der Waals surface area (Å²) in [4.78, 5) is 24.2. The molecular weight excluding hydrogens is 318 g/mol. The van der Waals surface area contributed by atoms with Gasteiger partial charge < -0.3 is 14.8 Å². The highest BCUT2D eigenvalue weighted by Gasteiger charge is 2.18. The van der Waals surface area contributed by atoms with Crippen molar-refractivity contribution in [3.05, 3.63) is 41.5 Å². The van der Waals surface area contributed by atoms with Crippen LogP contribution in [0.5, 0.6) is 5.75 Å². The third-order valence-electron chi connectivity index (χ3n) is 4.18. The maximum atomic E-state index is 12.1. The molecule has 2 rings (SSSR count). The van der Waals surface area contributed by atoms with E-state index in [0.29, 0.717) is 24.5 Å². The summed E-state index contributed by atoms with van der Waals surface area (Å²) in [5, 5.41) is 2.84. The van der Waals surface area contributed by atoms with Crippen LogP contribution < -0.4 is 10.1 Å². The summed E-state index contributed by atoms with van der Waals surface area (Å²) in [6, 6.07) is 6.69. The van der Waals surface area contributed by atoms with E-state index in [4.69, 9.17) is 9.47 Å². The summed E-state index contributed by atoms with van der Waals surface area (Å²) >= 11 is 0. The summed E-state index contributed by atoms with van der Waals surface area (Å²) in [5.41, 5.74) is 1.81. The second-order valence-corrected chi connectivity index (χ2v) is 6.15. The van der Waals surface area contributed by atoms with Gasteiger partial charge in [-0.05, 0) is 70.2 Å². The standard InChI is InChI=1S/C20H27NO4/c1-3-24-18-11-9-17(10-12-18)20(23)25-15(2)19(22)21-14-13-16-7-5-4-6-8-16/h7,9-12,15H,3-6,8,13-14H2,1-2H3,(H,21,22)/t15-/m0/s1. The number of benzene rings is 1. The van der Waals surface area contributed by atoms with Crippen molar-refractivity contribution in [2.24, 2.45) is 0 Å². The van der Waals surface area contributed by atoms with Crippen molar-refractivity contribution < 1.29 is 19.1 Å². The number of esters is 1. The number of carbonyl (C=O) groups is 2. The minimum Gasteiger partial charge on any atom is -0.494 e. The number of hydrogen-bond donors (Lipinski definition) is 1. The van der Waals surface area contributed by atoms with E-state index in [1.165, 1.54) is 18.4 Å². The topological polar surface area (TPSA) is 64.6 Å². The molecule has 5 heteroatoms. The van der Waals surface area contributed by atoms with Crippen molar-refractivity contribution in [3.63, 3.8) is 0 Å². The first-order valence-electron chi connectivity index (χ1n) is 8.99. The summed E-state index contributed by atoms with van der Waals surface area (Å²) < 4.78 is 10.6. The van der Waals surface area contributed by atoms with Crippen LogP contribution in [0.15, 0.2) is 35.9 Å². The highest BCUT2D eigenvalue weighted by Crippen LogP contribution is 2.19. The van der Waals surface area contributed by atoms with E-state index in [1.54, 1.807) is 31.2 Å². The van der Waals surface area contributed by atoms with Crippen LogP contribution >= 0.6 is 0 Å². The third kappa shape index (κ3) is 6.25. The molecule has 0 saturated heterocycles. The Morgan fingerprint density at radius 2 is 1.96 bits per heavy atom. The zero-order chi connectivity index (χ0) is 18.1. The van der Waals surface area contributed by atoms with E-state index in [9.17, 15) is 9.59 Å². The fourth-order valence-electron chi connectivity index (χ4n) is 2.76. The largest absolute Gasteiger partial charge is 0.494 e. The van der Waals surface area contributed by atoms with Gasteiger partial charge in [0.1, 0.15) is 5.75 Å². The highest BCUT2D eigenvalue weighted by atomic mass is 16.5. The van der Waals surface area contributed by atoms with E-state index >= 15 is 0 Å². The molecule has 1 aliphatic rings. The zero-order valence-electron chi connectivity index (χ0n) is 15.0. The molecule has 0 spiro atoms. The molecule has 25 heavy (non-hydrogen) atoms. The Kier molecular flexibility index (Phi) is 7.51. The van der Waals surface area contributed by atoms with Crippen LogP contribution in [0.3, 0.4) is 0 Å². The smallest absolute Gasteiger partial charge is 0.338 e. The lowest BCUT2D eigenvalue weighted by atomic mass is 9.97. The quantitative estimate of drug-likeness (QED) is 0.577. The van der Waals surface area contributed by atoms with Gasteiger partial charge in [0, 0.05) is 6.54 Å². The van der Waals surface area contributed by atoms with Crippen LogP contribution in [0, 0.1) is 0 Å². The van der Waals surface area contributed by atoms with Gasteiger partial charge in [0.05, 0.1) is 12.2 Å². The molecule has 0 saturated carbocycles. The number of amides is 1. The second kappa shape index (κ2) is 9.87. The van der Waals surface area contributed by atoms with Gasteiger partial charge in [-0.15, -0.1) is 0 Å². The Morgan fingerprint density at radius 3 is 2.60 bits per heavy atom. The predicted octanol–water partition coefficient (Wildman–Crippen LogP) is 3.64.